The van der Waals surface area contributed by atoms with Gasteiger partial charge >= 0.3 is 0 Å². The fraction of sp³-hybridized carbons (Fsp3) is 0.364. The molecule has 2 aromatic rings. The normalized spacial score (nSPS) is 11.0. The summed E-state index contributed by atoms with van der Waals surface area (Å²) in [5.41, 5.74) is 2.52. The predicted octanol–water partition coefficient (Wildman–Crippen LogP) is 4.14. The van der Waals surface area contributed by atoms with Gasteiger partial charge in [-0.15, -0.1) is 0 Å². The maximum Gasteiger partial charge on any atom is 0.251 e. The molecule has 0 saturated carbocycles. The first-order valence-corrected chi connectivity index (χ1v) is 9.21. The molecule has 0 unspecified atom stereocenters. The smallest absolute Gasteiger partial charge is 0.251 e. The quantitative estimate of drug-likeness (QED) is 0.772. The Morgan fingerprint density at radius 2 is 1.59 bits per heavy atom. The number of benzene rings is 2. The van der Waals surface area contributed by atoms with Crippen molar-refractivity contribution in [1.29, 1.82) is 0 Å². The second-order valence-corrected chi connectivity index (χ2v) is 7.34. The first kappa shape index (κ1) is 20.5. The van der Waals surface area contributed by atoms with Crippen LogP contribution in [0.4, 0.5) is 5.69 Å². The van der Waals surface area contributed by atoms with Crippen molar-refractivity contribution in [3.63, 3.8) is 0 Å². The molecule has 2 rings (SSSR count). The van der Waals surface area contributed by atoms with Crippen LogP contribution in [0.1, 0.15) is 50.0 Å². The molecule has 0 heterocycles. The van der Waals surface area contributed by atoms with Gasteiger partial charge in [0, 0.05) is 24.2 Å². The van der Waals surface area contributed by atoms with Crippen LogP contribution in [0, 0.1) is 0 Å². The van der Waals surface area contributed by atoms with Crippen molar-refractivity contribution in [2.75, 3.05) is 18.5 Å². The molecule has 0 saturated heterocycles. The van der Waals surface area contributed by atoms with Gasteiger partial charge in [0.25, 0.3) is 5.91 Å². The minimum atomic E-state index is -0.177. The molecule has 0 radical (unpaired) electrons. The Kier molecular flexibility index (Phi) is 6.99. The molecular formula is C22H28N2O3. The third-order valence-electron chi connectivity index (χ3n) is 4.10. The Hall–Kier alpha value is -2.82. The molecule has 27 heavy (non-hydrogen) atoms. The summed E-state index contributed by atoms with van der Waals surface area (Å²) in [5.74, 6) is 0.437. The third kappa shape index (κ3) is 6.44. The van der Waals surface area contributed by atoms with Gasteiger partial charge in [0.2, 0.25) is 5.91 Å². The monoisotopic (exact) mass is 368 g/mol. The Morgan fingerprint density at radius 1 is 0.963 bits per heavy atom. The van der Waals surface area contributed by atoms with E-state index in [2.05, 4.69) is 31.4 Å². The molecule has 2 N–H and O–H groups in total. The number of ether oxygens (including phenoxy) is 1. The second-order valence-electron chi connectivity index (χ2n) is 7.34. The molecule has 0 bridgehead atoms. The first-order valence-electron chi connectivity index (χ1n) is 9.21. The van der Waals surface area contributed by atoms with Crippen LogP contribution in [0.3, 0.4) is 0 Å². The molecule has 2 amide bonds. The van der Waals surface area contributed by atoms with E-state index in [1.807, 2.05) is 43.3 Å². The van der Waals surface area contributed by atoms with E-state index in [-0.39, 0.29) is 30.2 Å². The van der Waals surface area contributed by atoms with Gasteiger partial charge in [0.1, 0.15) is 5.75 Å². The number of carbonyl (C=O) groups excluding carboxylic acids is 2. The standard InChI is InChI=1S/C22H28N2O3/c1-5-27-19-12-10-18(11-13-19)24-20(25)14-15-23-21(26)16-6-8-17(9-7-16)22(2,3)4/h6-13H,5,14-15H2,1-4H3,(H,23,26)(H,24,25). The summed E-state index contributed by atoms with van der Waals surface area (Å²) >= 11 is 0. The van der Waals surface area contributed by atoms with E-state index in [9.17, 15) is 9.59 Å². The van der Waals surface area contributed by atoms with Crippen LogP contribution in [0.5, 0.6) is 5.75 Å². The Morgan fingerprint density at radius 3 is 2.15 bits per heavy atom. The lowest BCUT2D eigenvalue weighted by atomic mass is 9.87. The molecular weight excluding hydrogens is 340 g/mol. The van der Waals surface area contributed by atoms with E-state index in [1.165, 1.54) is 5.56 Å². The minimum Gasteiger partial charge on any atom is -0.494 e. The first-order chi connectivity index (χ1) is 12.8. The van der Waals surface area contributed by atoms with Gasteiger partial charge in [0.05, 0.1) is 6.61 Å². The fourth-order valence-electron chi connectivity index (χ4n) is 2.54. The van der Waals surface area contributed by atoms with Crippen LogP contribution in [0.15, 0.2) is 48.5 Å². The number of hydrogen-bond acceptors (Lipinski definition) is 3. The molecule has 5 heteroatoms. The van der Waals surface area contributed by atoms with Crippen molar-refractivity contribution in [3.05, 3.63) is 59.7 Å². The number of carbonyl (C=O) groups is 2. The summed E-state index contributed by atoms with van der Waals surface area (Å²) in [5, 5.41) is 5.58. The van der Waals surface area contributed by atoms with Crippen molar-refractivity contribution < 1.29 is 14.3 Å². The molecule has 144 valence electrons. The molecule has 0 fully saturated rings. The van der Waals surface area contributed by atoms with Crippen LogP contribution in [-0.2, 0) is 10.2 Å². The van der Waals surface area contributed by atoms with Crippen LogP contribution < -0.4 is 15.4 Å². The zero-order chi connectivity index (χ0) is 19.9. The van der Waals surface area contributed by atoms with Crippen molar-refractivity contribution >= 4 is 17.5 Å². The zero-order valence-electron chi connectivity index (χ0n) is 16.5. The van der Waals surface area contributed by atoms with E-state index in [4.69, 9.17) is 4.74 Å². The molecule has 0 aliphatic rings. The number of nitrogens with one attached hydrogen (secondary N) is 2. The third-order valence-corrected chi connectivity index (χ3v) is 4.10. The highest BCUT2D eigenvalue weighted by Crippen LogP contribution is 2.22. The van der Waals surface area contributed by atoms with Crippen LogP contribution >= 0.6 is 0 Å². The highest BCUT2D eigenvalue weighted by atomic mass is 16.5. The van der Waals surface area contributed by atoms with Crippen molar-refractivity contribution in [3.8, 4) is 5.75 Å². The molecule has 0 aliphatic heterocycles. The van der Waals surface area contributed by atoms with Crippen LogP contribution in [-0.4, -0.2) is 25.0 Å². The lowest BCUT2D eigenvalue weighted by molar-refractivity contribution is -0.116. The summed E-state index contributed by atoms with van der Waals surface area (Å²) in [4.78, 5) is 24.2. The summed E-state index contributed by atoms with van der Waals surface area (Å²) in [6.45, 7) is 9.19. The van der Waals surface area contributed by atoms with Crippen LogP contribution in [0.25, 0.3) is 0 Å². The average Bonchev–Trinajstić information content (AvgIpc) is 2.63. The molecule has 0 spiro atoms. The number of rotatable bonds is 7. The summed E-state index contributed by atoms with van der Waals surface area (Å²) in [7, 11) is 0. The highest BCUT2D eigenvalue weighted by Gasteiger charge is 2.14. The Labute approximate surface area is 161 Å². The zero-order valence-corrected chi connectivity index (χ0v) is 16.5. The SMILES string of the molecule is CCOc1ccc(NC(=O)CCNC(=O)c2ccc(C(C)(C)C)cc2)cc1. The number of hydrogen-bond donors (Lipinski definition) is 2. The fourth-order valence-corrected chi connectivity index (χ4v) is 2.54. The predicted molar refractivity (Wildman–Crippen MR) is 108 cm³/mol. The van der Waals surface area contributed by atoms with E-state index >= 15 is 0 Å². The van der Waals surface area contributed by atoms with Gasteiger partial charge in [-0.3, -0.25) is 9.59 Å². The maximum absolute atomic E-state index is 12.2. The van der Waals surface area contributed by atoms with Gasteiger partial charge in [-0.05, 0) is 54.3 Å². The molecule has 2 aromatic carbocycles. The van der Waals surface area contributed by atoms with E-state index in [0.29, 0.717) is 17.9 Å². The lowest BCUT2D eigenvalue weighted by Crippen LogP contribution is -2.27. The van der Waals surface area contributed by atoms with Gasteiger partial charge in [0.15, 0.2) is 0 Å². The van der Waals surface area contributed by atoms with Crippen molar-refractivity contribution in [2.24, 2.45) is 0 Å². The van der Waals surface area contributed by atoms with Crippen molar-refractivity contribution in [2.45, 2.75) is 39.5 Å². The Bertz CT molecular complexity index is 760. The van der Waals surface area contributed by atoms with E-state index in [0.717, 1.165) is 5.75 Å². The van der Waals surface area contributed by atoms with Crippen LogP contribution in [0.2, 0.25) is 0 Å². The van der Waals surface area contributed by atoms with Gasteiger partial charge in [-0.2, -0.15) is 0 Å². The maximum atomic E-state index is 12.2. The largest absolute Gasteiger partial charge is 0.494 e. The van der Waals surface area contributed by atoms with Gasteiger partial charge in [-0.25, -0.2) is 0 Å². The second kappa shape index (κ2) is 9.21. The summed E-state index contributed by atoms with van der Waals surface area (Å²) in [6.07, 6.45) is 0.207. The highest BCUT2D eigenvalue weighted by molar-refractivity contribution is 5.95. The minimum absolute atomic E-state index is 0.0496. The van der Waals surface area contributed by atoms with Gasteiger partial charge in [-0.1, -0.05) is 32.9 Å². The van der Waals surface area contributed by atoms with Crippen molar-refractivity contribution in [1.82, 2.24) is 5.32 Å². The number of amides is 2. The molecule has 0 atom stereocenters. The van der Waals surface area contributed by atoms with E-state index in [1.54, 1.807) is 12.1 Å². The molecule has 5 nitrogen and oxygen atoms in total. The van der Waals surface area contributed by atoms with E-state index < -0.39 is 0 Å². The topological polar surface area (TPSA) is 67.4 Å². The van der Waals surface area contributed by atoms with Gasteiger partial charge < -0.3 is 15.4 Å². The Balaban J connectivity index is 1.78. The molecule has 0 aromatic heterocycles. The average molecular weight is 368 g/mol. The summed E-state index contributed by atoms with van der Waals surface area (Å²) < 4.78 is 5.36. The lowest BCUT2D eigenvalue weighted by Gasteiger charge is -2.19. The number of anilines is 1. The summed E-state index contributed by atoms with van der Waals surface area (Å²) in [6, 6.07) is 14.8. The molecule has 0 aliphatic carbocycles.